The summed E-state index contributed by atoms with van der Waals surface area (Å²) in [5.41, 5.74) is -0.449. The van der Waals surface area contributed by atoms with Crippen molar-refractivity contribution >= 4 is 21.9 Å². The van der Waals surface area contributed by atoms with Crippen molar-refractivity contribution in [2.75, 3.05) is 13.8 Å². The first-order valence-electron chi connectivity index (χ1n) is 3.59. The maximum absolute atomic E-state index is 13.2. The Labute approximate surface area is 89.1 Å². The smallest absolute Gasteiger partial charge is 0.340 e. The van der Waals surface area contributed by atoms with Gasteiger partial charge in [0.05, 0.1) is 12.7 Å². The van der Waals surface area contributed by atoms with Gasteiger partial charge >= 0.3 is 5.97 Å². The van der Waals surface area contributed by atoms with Crippen molar-refractivity contribution in [2.45, 2.75) is 0 Å². The molecule has 0 radical (unpaired) electrons. The predicted molar refractivity (Wildman–Crippen MR) is 53.3 cm³/mol. The summed E-state index contributed by atoms with van der Waals surface area (Å²) in [4.78, 5) is 10.9. The van der Waals surface area contributed by atoms with E-state index in [9.17, 15) is 13.6 Å². The highest BCUT2D eigenvalue weighted by atomic mass is 79.9. The van der Waals surface area contributed by atoms with Gasteiger partial charge in [0.15, 0.2) is 0 Å². The van der Waals surface area contributed by atoms with Crippen LogP contribution < -0.4 is 0 Å². The van der Waals surface area contributed by atoms with Crippen molar-refractivity contribution < 1.29 is 18.3 Å². The second kappa shape index (κ2) is 6.48. The Kier molecular flexibility index (Phi) is 6.03. The Hall–Kier alpha value is -0.970. The zero-order valence-corrected chi connectivity index (χ0v) is 9.11. The molecule has 0 N–H and O–H groups in total. The van der Waals surface area contributed by atoms with Crippen molar-refractivity contribution in [1.29, 1.82) is 0 Å². The Bertz CT molecular complexity index is 295. The Morgan fingerprint density at radius 1 is 1.64 bits per heavy atom. The Balaban J connectivity index is 4.94. The number of methoxy groups -OCH3 is 1. The molecule has 0 aromatic carbocycles. The van der Waals surface area contributed by atoms with Crippen molar-refractivity contribution in [2.24, 2.45) is 0 Å². The van der Waals surface area contributed by atoms with Crippen molar-refractivity contribution in [1.82, 2.24) is 0 Å². The minimum Gasteiger partial charge on any atom is -0.465 e. The monoisotopic (exact) mass is 266 g/mol. The highest BCUT2D eigenvalue weighted by molar-refractivity contribution is 9.11. The molecule has 0 aliphatic carbocycles. The van der Waals surface area contributed by atoms with E-state index in [1.165, 1.54) is 0 Å². The van der Waals surface area contributed by atoms with E-state index in [0.29, 0.717) is 0 Å². The maximum atomic E-state index is 13.2. The number of ether oxygens (including phenoxy) is 1. The molecule has 78 valence electrons. The molecule has 0 saturated carbocycles. The summed E-state index contributed by atoms with van der Waals surface area (Å²) in [6, 6.07) is 0. The summed E-state index contributed by atoms with van der Waals surface area (Å²) in [6.07, 6.45) is 1.76. The number of allylic oxidation sites excluding steroid dienone is 3. The van der Waals surface area contributed by atoms with E-state index >= 15 is 0 Å². The van der Waals surface area contributed by atoms with E-state index in [0.717, 1.165) is 19.3 Å². The molecule has 5 heteroatoms. The number of halogens is 3. The summed E-state index contributed by atoms with van der Waals surface area (Å²) in [5.74, 6) is -1.82. The average Bonchev–Trinajstić information content (AvgIpc) is 2.11. The quantitative estimate of drug-likeness (QED) is 0.444. The van der Waals surface area contributed by atoms with Crippen LogP contribution in [0.5, 0.6) is 0 Å². The van der Waals surface area contributed by atoms with Gasteiger partial charge in [-0.3, -0.25) is 0 Å². The topological polar surface area (TPSA) is 26.3 Å². The summed E-state index contributed by atoms with van der Waals surface area (Å²) < 4.78 is 29.6. The molecule has 0 heterocycles. The fourth-order valence-corrected chi connectivity index (χ4v) is 0.882. The standard InChI is InChI=1S/C9H9BrF2O2/c1-6(10)5-8(12)7(3-4-11)9(13)14-2/h3,5H,1,4H2,2H3/b7-3+,8-5+. The minimum atomic E-state index is -0.944. The summed E-state index contributed by atoms with van der Waals surface area (Å²) >= 11 is 2.88. The molecule has 14 heavy (non-hydrogen) atoms. The number of carbonyl (C=O) groups is 1. The number of esters is 1. The fourth-order valence-electron chi connectivity index (χ4n) is 0.681. The molecule has 0 atom stereocenters. The lowest BCUT2D eigenvalue weighted by Crippen LogP contribution is -2.05. The van der Waals surface area contributed by atoms with Crippen LogP contribution in [0.25, 0.3) is 0 Å². The summed E-state index contributed by atoms with van der Waals surface area (Å²) in [5, 5.41) is 0. The van der Waals surface area contributed by atoms with Crippen LogP contribution in [0.2, 0.25) is 0 Å². The van der Waals surface area contributed by atoms with Crippen LogP contribution in [0.4, 0.5) is 8.78 Å². The van der Waals surface area contributed by atoms with Gasteiger partial charge in [0, 0.05) is 4.48 Å². The molecule has 0 saturated heterocycles. The number of alkyl halides is 1. The molecule has 0 spiro atoms. The first kappa shape index (κ1) is 13.0. The normalized spacial score (nSPS) is 12.6. The molecular formula is C9H9BrF2O2. The Morgan fingerprint density at radius 3 is 2.57 bits per heavy atom. The number of carbonyl (C=O) groups excluding carboxylic acids is 1. The lowest BCUT2D eigenvalue weighted by molar-refractivity contribution is -0.136. The van der Waals surface area contributed by atoms with E-state index in [1.807, 2.05) is 0 Å². The van der Waals surface area contributed by atoms with Gasteiger partial charge in [0.1, 0.15) is 12.5 Å². The van der Waals surface area contributed by atoms with Gasteiger partial charge in [-0.2, -0.15) is 0 Å². The van der Waals surface area contributed by atoms with Gasteiger partial charge in [-0.1, -0.05) is 22.5 Å². The number of hydrogen-bond acceptors (Lipinski definition) is 2. The molecule has 0 rings (SSSR count). The number of rotatable bonds is 4. The van der Waals surface area contributed by atoms with E-state index in [4.69, 9.17) is 0 Å². The lowest BCUT2D eigenvalue weighted by Gasteiger charge is -2.01. The van der Waals surface area contributed by atoms with Crippen LogP contribution in [-0.4, -0.2) is 19.8 Å². The summed E-state index contributed by atoms with van der Waals surface area (Å²) in [6.45, 7) is 2.41. The third-order valence-electron chi connectivity index (χ3n) is 1.23. The van der Waals surface area contributed by atoms with Crippen LogP contribution in [0.3, 0.4) is 0 Å². The first-order chi connectivity index (χ1) is 6.52. The average molecular weight is 267 g/mol. The van der Waals surface area contributed by atoms with Crippen molar-refractivity contribution in [3.8, 4) is 0 Å². The SMILES string of the molecule is C=C(Br)/C=C(F)\C(=C/CF)C(=O)OC. The van der Waals surface area contributed by atoms with Gasteiger partial charge < -0.3 is 4.74 Å². The Morgan fingerprint density at radius 2 is 2.21 bits per heavy atom. The second-order valence-corrected chi connectivity index (χ2v) is 3.22. The molecule has 2 nitrogen and oxygen atoms in total. The van der Waals surface area contributed by atoms with E-state index < -0.39 is 24.0 Å². The fraction of sp³-hybridized carbons (Fsp3) is 0.222. The highest BCUT2D eigenvalue weighted by Crippen LogP contribution is 2.17. The molecule has 0 fully saturated rings. The van der Waals surface area contributed by atoms with Crippen molar-refractivity contribution in [3.63, 3.8) is 0 Å². The van der Waals surface area contributed by atoms with Gasteiger partial charge in [-0.05, 0) is 12.2 Å². The van der Waals surface area contributed by atoms with Crippen LogP contribution in [0.1, 0.15) is 0 Å². The molecule has 0 amide bonds. The predicted octanol–water partition coefficient (Wildman–Crippen LogP) is 2.82. The minimum absolute atomic E-state index is 0.240. The largest absolute Gasteiger partial charge is 0.465 e. The van der Waals surface area contributed by atoms with E-state index in [1.54, 1.807) is 0 Å². The summed E-state index contributed by atoms with van der Waals surface area (Å²) in [7, 11) is 1.09. The molecular weight excluding hydrogens is 258 g/mol. The molecule has 0 bridgehead atoms. The highest BCUT2D eigenvalue weighted by Gasteiger charge is 2.14. The molecule has 0 aliphatic rings. The molecule has 0 aromatic rings. The first-order valence-corrected chi connectivity index (χ1v) is 4.38. The van der Waals surface area contributed by atoms with Gasteiger partial charge in [0.25, 0.3) is 0 Å². The van der Waals surface area contributed by atoms with Crippen LogP contribution in [-0.2, 0) is 9.53 Å². The maximum Gasteiger partial charge on any atom is 0.340 e. The van der Waals surface area contributed by atoms with Crippen LogP contribution in [0.15, 0.2) is 34.6 Å². The molecule has 0 aromatic heterocycles. The second-order valence-electron chi connectivity index (χ2n) is 2.20. The lowest BCUT2D eigenvalue weighted by atomic mass is 10.2. The van der Waals surface area contributed by atoms with Gasteiger partial charge in [0.2, 0.25) is 0 Å². The van der Waals surface area contributed by atoms with Gasteiger partial charge in [-0.15, -0.1) is 0 Å². The molecule has 0 unspecified atom stereocenters. The van der Waals surface area contributed by atoms with Crippen molar-refractivity contribution in [3.05, 3.63) is 34.6 Å². The van der Waals surface area contributed by atoms with Crippen LogP contribution >= 0.6 is 15.9 Å². The third kappa shape index (κ3) is 4.32. The van der Waals surface area contributed by atoms with Gasteiger partial charge in [-0.25, -0.2) is 13.6 Å². The van der Waals surface area contributed by atoms with E-state index in [-0.39, 0.29) is 4.48 Å². The van der Waals surface area contributed by atoms with Crippen LogP contribution in [0, 0.1) is 0 Å². The zero-order valence-electron chi connectivity index (χ0n) is 7.52. The zero-order chi connectivity index (χ0) is 11.1. The molecule has 0 aliphatic heterocycles. The number of hydrogen-bond donors (Lipinski definition) is 0. The third-order valence-corrected chi connectivity index (χ3v) is 1.46. The van der Waals surface area contributed by atoms with E-state index in [2.05, 4.69) is 27.2 Å².